The summed E-state index contributed by atoms with van der Waals surface area (Å²) in [6, 6.07) is 15.3. The Kier molecular flexibility index (Phi) is 5.80. The van der Waals surface area contributed by atoms with Crippen LogP contribution < -0.4 is 15.4 Å². The molecule has 4 N–H and O–H groups in total. The van der Waals surface area contributed by atoms with E-state index in [1.165, 1.54) is 12.4 Å². The Morgan fingerprint density at radius 1 is 1.11 bits per heavy atom. The van der Waals surface area contributed by atoms with Gasteiger partial charge in [0.15, 0.2) is 0 Å². The SMILES string of the molecule is COc1cc(N2CCC3(CCN(C(=O)c4cc5ccccc5[nH]4)CC3)C2=O)ccc1/C(C=N)=C/N. The van der Waals surface area contributed by atoms with Gasteiger partial charge in [0.1, 0.15) is 11.4 Å². The van der Waals surface area contributed by atoms with E-state index in [-0.39, 0.29) is 11.8 Å². The fourth-order valence-electron chi connectivity index (χ4n) is 5.33. The molecular formula is C27H29N5O3. The number of nitrogens with two attached hydrogens (primary N) is 1. The van der Waals surface area contributed by atoms with Gasteiger partial charge in [0.2, 0.25) is 5.91 Å². The van der Waals surface area contributed by atoms with Gasteiger partial charge in [0.25, 0.3) is 5.91 Å². The van der Waals surface area contributed by atoms with Crippen LogP contribution in [0.2, 0.25) is 0 Å². The summed E-state index contributed by atoms with van der Waals surface area (Å²) in [5, 5.41) is 8.57. The number of rotatable bonds is 5. The second-order valence-corrected chi connectivity index (χ2v) is 9.20. The number of methoxy groups -OCH3 is 1. The number of allylic oxidation sites excluding steroid dienone is 1. The first-order valence-corrected chi connectivity index (χ1v) is 11.8. The highest BCUT2D eigenvalue weighted by molar-refractivity contribution is 6.09. The molecule has 8 nitrogen and oxygen atoms in total. The number of aromatic amines is 1. The van der Waals surface area contributed by atoms with Gasteiger partial charge in [-0.05, 0) is 43.5 Å². The predicted octanol–water partition coefficient (Wildman–Crippen LogP) is 3.78. The van der Waals surface area contributed by atoms with Crippen LogP contribution in [-0.2, 0) is 4.79 Å². The Hall–Kier alpha value is -4.07. The number of carbonyl (C=O) groups is 2. The predicted molar refractivity (Wildman–Crippen MR) is 137 cm³/mol. The molecule has 2 saturated heterocycles. The van der Waals surface area contributed by atoms with Gasteiger partial charge in [0, 0.05) is 65.8 Å². The largest absolute Gasteiger partial charge is 0.496 e. The maximum atomic E-state index is 13.6. The standard InChI is InChI=1S/C27H29N5O3/c1-35-24-15-20(6-7-21(24)19(16-28)17-29)32-13-10-27(26(32)34)8-11-31(12-9-27)25(33)23-14-18-4-2-3-5-22(18)30-23/h2-7,14-17,28,30H,8-13,29H2,1H3/b19-17+,28-16?. The molecule has 0 saturated carbocycles. The number of nitrogens with zero attached hydrogens (tertiary/aromatic N) is 2. The molecule has 1 spiro atoms. The molecule has 8 heteroatoms. The van der Waals surface area contributed by atoms with Crippen LogP contribution in [0, 0.1) is 10.8 Å². The summed E-state index contributed by atoms with van der Waals surface area (Å²) in [5.74, 6) is 0.649. The maximum Gasteiger partial charge on any atom is 0.270 e. The number of hydrogen-bond donors (Lipinski definition) is 3. The summed E-state index contributed by atoms with van der Waals surface area (Å²) in [6.45, 7) is 1.74. The molecule has 3 aromatic rings. The number of para-hydroxylation sites is 1. The molecule has 2 fully saturated rings. The van der Waals surface area contributed by atoms with Crippen LogP contribution in [0.4, 0.5) is 5.69 Å². The summed E-state index contributed by atoms with van der Waals surface area (Å²) in [6.07, 6.45) is 4.61. The molecule has 0 unspecified atom stereocenters. The van der Waals surface area contributed by atoms with Crippen LogP contribution in [0.1, 0.15) is 35.3 Å². The van der Waals surface area contributed by atoms with Gasteiger partial charge in [0.05, 0.1) is 12.5 Å². The number of aromatic nitrogens is 1. The molecule has 3 heterocycles. The van der Waals surface area contributed by atoms with Gasteiger partial charge in [-0.1, -0.05) is 18.2 Å². The monoisotopic (exact) mass is 471 g/mol. The van der Waals surface area contributed by atoms with E-state index in [4.69, 9.17) is 15.9 Å². The first-order chi connectivity index (χ1) is 17.0. The van der Waals surface area contributed by atoms with Crippen molar-refractivity contribution in [1.82, 2.24) is 9.88 Å². The summed E-state index contributed by atoms with van der Waals surface area (Å²) < 4.78 is 5.52. The van der Waals surface area contributed by atoms with Crippen LogP contribution in [0.5, 0.6) is 5.75 Å². The van der Waals surface area contributed by atoms with Crippen molar-refractivity contribution in [1.29, 1.82) is 5.41 Å². The summed E-state index contributed by atoms with van der Waals surface area (Å²) in [4.78, 5) is 33.6. The molecule has 0 radical (unpaired) electrons. The third kappa shape index (κ3) is 3.84. The lowest BCUT2D eigenvalue weighted by atomic mass is 9.77. The van der Waals surface area contributed by atoms with Crippen LogP contribution in [0.25, 0.3) is 16.5 Å². The number of likely N-dealkylation sites (tertiary alicyclic amines) is 1. The number of nitrogens with one attached hydrogen (secondary N) is 2. The fourth-order valence-corrected chi connectivity index (χ4v) is 5.33. The highest BCUT2D eigenvalue weighted by atomic mass is 16.5. The lowest BCUT2D eigenvalue weighted by Crippen LogP contribution is -2.46. The molecule has 180 valence electrons. The van der Waals surface area contributed by atoms with Crippen molar-refractivity contribution in [2.24, 2.45) is 11.1 Å². The van der Waals surface area contributed by atoms with Crippen molar-refractivity contribution < 1.29 is 14.3 Å². The molecule has 0 aliphatic carbocycles. The Labute approximate surface area is 203 Å². The fraction of sp³-hybridized carbons (Fsp3) is 0.296. The number of benzene rings is 2. The first kappa shape index (κ1) is 22.7. The van der Waals surface area contributed by atoms with Crippen LogP contribution in [-0.4, -0.2) is 54.7 Å². The van der Waals surface area contributed by atoms with E-state index in [1.54, 1.807) is 7.11 Å². The molecule has 2 aliphatic heterocycles. The van der Waals surface area contributed by atoms with Crippen molar-refractivity contribution in [3.63, 3.8) is 0 Å². The summed E-state index contributed by atoms with van der Waals surface area (Å²) >= 11 is 0. The van der Waals surface area contributed by atoms with Crippen LogP contribution in [0.3, 0.4) is 0 Å². The number of anilines is 1. The second kappa shape index (κ2) is 8.94. The number of piperidine rings is 1. The zero-order chi connectivity index (χ0) is 24.6. The highest BCUT2D eigenvalue weighted by Gasteiger charge is 2.49. The van der Waals surface area contributed by atoms with Gasteiger partial charge >= 0.3 is 0 Å². The van der Waals surface area contributed by atoms with E-state index in [9.17, 15) is 9.59 Å². The molecule has 0 atom stereocenters. The first-order valence-electron chi connectivity index (χ1n) is 11.8. The molecule has 5 rings (SSSR count). The summed E-state index contributed by atoms with van der Waals surface area (Å²) in [5.41, 5.74) is 8.75. The molecular weight excluding hydrogens is 442 g/mol. The Balaban J connectivity index is 1.30. The molecule has 2 amide bonds. The molecule has 35 heavy (non-hydrogen) atoms. The van der Waals surface area contributed by atoms with Crippen molar-refractivity contribution in [3.05, 3.63) is 66.0 Å². The number of H-pyrrole nitrogens is 1. The minimum atomic E-state index is -0.444. The number of hydrogen-bond acceptors (Lipinski definition) is 5. The average molecular weight is 472 g/mol. The van der Waals surface area contributed by atoms with Gasteiger partial charge < -0.3 is 30.7 Å². The second-order valence-electron chi connectivity index (χ2n) is 9.20. The molecule has 2 aromatic carbocycles. The van der Waals surface area contributed by atoms with Gasteiger partial charge in [-0.3, -0.25) is 9.59 Å². The van der Waals surface area contributed by atoms with Gasteiger partial charge in [-0.25, -0.2) is 0 Å². The topological polar surface area (TPSA) is 116 Å². The third-order valence-corrected chi connectivity index (χ3v) is 7.42. The van der Waals surface area contributed by atoms with Crippen molar-refractivity contribution in [2.45, 2.75) is 19.3 Å². The van der Waals surface area contributed by atoms with E-state index >= 15 is 0 Å². The quantitative estimate of drug-likeness (QED) is 0.491. The number of fused-ring (bicyclic) bond motifs is 1. The van der Waals surface area contributed by atoms with Crippen molar-refractivity contribution >= 4 is 40.2 Å². The van der Waals surface area contributed by atoms with Crippen molar-refractivity contribution in [2.75, 3.05) is 31.6 Å². The van der Waals surface area contributed by atoms with E-state index in [0.717, 1.165) is 23.0 Å². The number of carbonyl (C=O) groups excluding carboxylic acids is 2. The minimum absolute atomic E-state index is 0.0198. The zero-order valence-electron chi connectivity index (χ0n) is 19.7. The Bertz CT molecular complexity index is 1300. The number of amides is 2. The summed E-state index contributed by atoms with van der Waals surface area (Å²) in [7, 11) is 1.56. The van der Waals surface area contributed by atoms with E-state index in [2.05, 4.69) is 4.98 Å². The minimum Gasteiger partial charge on any atom is -0.496 e. The molecule has 1 aromatic heterocycles. The van der Waals surface area contributed by atoms with Gasteiger partial charge in [-0.15, -0.1) is 0 Å². The zero-order valence-corrected chi connectivity index (χ0v) is 19.7. The Morgan fingerprint density at radius 2 is 1.86 bits per heavy atom. The smallest absolute Gasteiger partial charge is 0.270 e. The van der Waals surface area contributed by atoms with E-state index < -0.39 is 5.41 Å². The van der Waals surface area contributed by atoms with Crippen molar-refractivity contribution in [3.8, 4) is 5.75 Å². The molecule has 0 bridgehead atoms. The normalized spacial score (nSPS) is 17.9. The van der Waals surface area contributed by atoms with E-state index in [0.29, 0.717) is 55.1 Å². The molecule has 2 aliphatic rings. The third-order valence-electron chi connectivity index (χ3n) is 7.42. The highest BCUT2D eigenvalue weighted by Crippen LogP contribution is 2.44. The Morgan fingerprint density at radius 3 is 2.54 bits per heavy atom. The number of ether oxygens (including phenoxy) is 1. The lowest BCUT2D eigenvalue weighted by Gasteiger charge is -2.37. The maximum absolute atomic E-state index is 13.6. The van der Waals surface area contributed by atoms with Crippen LogP contribution >= 0.6 is 0 Å². The average Bonchev–Trinajstić information content (AvgIpc) is 3.47. The van der Waals surface area contributed by atoms with Crippen LogP contribution in [0.15, 0.2) is 54.7 Å². The van der Waals surface area contributed by atoms with Gasteiger partial charge in [-0.2, -0.15) is 0 Å². The van der Waals surface area contributed by atoms with E-state index in [1.807, 2.05) is 58.3 Å². The lowest BCUT2D eigenvalue weighted by molar-refractivity contribution is -0.127.